The summed E-state index contributed by atoms with van der Waals surface area (Å²) in [6, 6.07) is 12.0. The van der Waals surface area contributed by atoms with E-state index in [4.69, 9.17) is 5.73 Å². The number of aliphatic carboxylic acids is 1. The minimum Gasteiger partial charge on any atom is -0.508 e. The Hall–Kier alpha value is -4.45. The van der Waals surface area contributed by atoms with Crippen molar-refractivity contribution in [2.24, 2.45) is 11.7 Å². The zero-order valence-electron chi connectivity index (χ0n) is 23.5. The van der Waals surface area contributed by atoms with Gasteiger partial charge in [-0.25, -0.2) is 4.79 Å². The summed E-state index contributed by atoms with van der Waals surface area (Å²) < 4.78 is 0. The van der Waals surface area contributed by atoms with Crippen molar-refractivity contribution in [1.82, 2.24) is 20.9 Å². The second-order valence-corrected chi connectivity index (χ2v) is 10.3. The number of likely N-dealkylation sites (N-methyl/N-ethyl adjacent to an activating group) is 1. The lowest BCUT2D eigenvalue weighted by Gasteiger charge is -2.24. The van der Waals surface area contributed by atoms with E-state index >= 15 is 0 Å². The van der Waals surface area contributed by atoms with Gasteiger partial charge in [-0.1, -0.05) is 56.3 Å². The number of amides is 4. The van der Waals surface area contributed by atoms with E-state index in [1.54, 1.807) is 42.5 Å². The first-order valence-corrected chi connectivity index (χ1v) is 13.3. The number of aromatic hydroxyl groups is 1. The van der Waals surface area contributed by atoms with E-state index in [2.05, 4.69) is 16.0 Å². The van der Waals surface area contributed by atoms with Crippen LogP contribution in [0.1, 0.15) is 31.4 Å². The van der Waals surface area contributed by atoms with Crippen molar-refractivity contribution in [3.8, 4) is 5.75 Å². The van der Waals surface area contributed by atoms with E-state index in [0.717, 1.165) is 16.0 Å². The number of nitrogens with zero attached hydrogens (tertiary/aromatic N) is 1. The molecule has 12 heteroatoms. The van der Waals surface area contributed by atoms with Crippen LogP contribution in [-0.4, -0.2) is 83.0 Å². The molecule has 0 bridgehead atoms. The van der Waals surface area contributed by atoms with Crippen LogP contribution in [-0.2, 0) is 36.8 Å². The third-order valence-electron chi connectivity index (χ3n) is 6.21. The van der Waals surface area contributed by atoms with Gasteiger partial charge in [0.05, 0.1) is 19.1 Å². The van der Waals surface area contributed by atoms with Gasteiger partial charge in [-0.15, -0.1) is 0 Å². The van der Waals surface area contributed by atoms with Crippen LogP contribution in [0.3, 0.4) is 0 Å². The fourth-order valence-corrected chi connectivity index (χ4v) is 3.98. The zero-order valence-corrected chi connectivity index (χ0v) is 23.5. The number of carboxylic acid groups (broad SMARTS) is 1. The number of hydrogen-bond donors (Lipinski definition) is 6. The third kappa shape index (κ3) is 11.7. The summed E-state index contributed by atoms with van der Waals surface area (Å²) in [5.41, 5.74) is 7.40. The lowest BCUT2D eigenvalue weighted by molar-refractivity contribution is -0.142. The molecule has 2 aromatic carbocycles. The van der Waals surface area contributed by atoms with Gasteiger partial charge < -0.3 is 36.8 Å². The summed E-state index contributed by atoms with van der Waals surface area (Å²) in [4.78, 5) is 63.5. The van der Waals surface area contributed by atoms with Gasteiger partial charge in [0.15, 0.2) is 0 Å². The molecule has 0 aliphatic heterocycles. The number of nitrogens with two attached hydrogens (primary N) is 1. The predicted octanol–water partition coefficient (Wildman–Crippen LogP) is 0.180. The van der Waals surface area contributed by atoms with Crippen molar-refractivity contribution < 1.29 is 34.2 Å². The van der Waals surface area contributed by atoms with E-state index in [0.29, 0.717) is 0 Å². The third-order valence-corrected chi connectivity index (χ3v) is 6.21. The standard InChI is InChI=1S/C29H39N5O7/c1-18(2)13-24(29(40)41)33-28(39)23(15-19-7-5-4-6-8-19)32-25(36)17-34(3)26(37)16-31-27(38)22(30)14-20-9-11-21(35)12-10-20/h4-12,18,22-24,35H,13-17,30H2,1-3H3,(H,31,38)(H,32,36)(H,33,39)(H,40,41)/t22-,23-,24-/m0/s1. The average Bonchev–Trinajstić information content (AvgIpc) is 2.92. The summed E-state index contributed by atoms with van der Waals surface area (Å²) in [6.45, 7) is 2.88. The first kappa shape index (κ1) is 32.8. The number of phenolic OH excluding ortho intramolecular Hbond substituents is 1. The highest BCUT2D eigenvalue weighted by Gasteiger charge is 2.28. The Bertz CT molecular complexity index is 1190. The molecule has 0 saturated heterocycles. The molecule has 0 aliphatic rings. The predicted molar refractivity (Wildman–Crippen MR) is 152 cm³/mol. The average molecular weight is 570 g/mol. The van der Waals surface area contributed by atoms with Gasteiger partial charge >= 0.3 is 5.97 Å². The quantitative estimate of drug-likeness (QED) is 0.175. The molecular weight excluding hydrogens is 530 g/mol. The Kier molecular flexibility index (Phi) is 12.8. The second-order valence-electron chi connectivity index (χ2n) is 10.3. The van der Waals surface area contributed by atoms with Crippen LogP contribution in [0.5, 0.6) is 5.75 Å². The highest BCUT2D eigenvalue weighted by Crippen LogP contribution is 2.11. The lowest BCUT2D eigenvalue weighted by Crippen LogP contribution is -2.54. The number of phenols is 1. The molecule has 0 fully saturated rings. The summed E-state index contributed by atoms with van der Waals surface area (Å²) in [5, 5.41) is 26.4. The van der Waals surface area contributed by atoms with E-state index < -0.39 is 60.8 Å². The fraction of sp³-hybridized carbons (Fsp3) is 0.414. The maximum absolute atomic E-state index is 13.0. The van der Waals surface area contributed by atoms with Gasteiger partial charge in [-0.3, -0.25) is 19.2 Å². The summed E-state index contributed by atoms with van der Waals surface area (Å²) in [7, 11) is 1.37. The molecule has 41 heavy (non-hydrogen) atoms. The van der Waals surface area contributed by atoms with Crippen molar-refractivity contribution >= 4 is 29.6 Å². The molecule has 7 N–H and O–H groups in total. The van der Waals surface area contributed by atoms with Gasteiger partial charge in [-0.05, 0) is 42.0 Å². The number of carbonyl (C=O) groups excluding carboxylic acids is 4. The summed E-state index contributed by atoms with van der Waals surface area (Å²) in [6.07, 6.45) is 0.525. The SMILES string of the molecule is CC(C)C[C@H](NC(=O)[C@H](Cc1ccccc1)NC(=O)CN(C)C(=O)CNC(=O)[C@@H](N)Cc1ccc(O)cc1)C(=O)O. The smallest absolute Gasteiger partial charge is 0.326 e. The molecule has 4 amide bonds. The molecule has 0 aromatic heterocycles. The second kappa shape index (κ2) is 16.0. The van der Waals surface area contributed by atoms with Gasteiger partial charge in [0.25, 0.3) is 0 Å². The van der Waals surface area contributed by atoms with Crippen molar-refractivity contribution in [2.75, 3.05) is 20.1 Å². The van der Waals surface area contributed by atoms with Crippen LogP contribution < -0.4 is 21.7 Å². The van der Waals surface area contributed by atoms with Crippen molar-refractivity contribution in [2.45, 2.75) is 51.2 Å². The highest BCUT2D eigenvalue weighted by atomic mass is 16.4. The van der Waals surface area contributed by atoms with Gasteiger partial charge in [0.1, 0.15) is 17.8 Å². The summed E-state index contributed by atoms with van der Waals surface area (Å²) >= 11 is 0. The molecule has 0 aliphatic carbocycles. The molecule has 2 aromatic rings. The van der Waals surface area contributed by atoms with Crippen LogP contribution in [0.25, 0.3) is 0 Å². The normalized spacial score (nSPS) is 13.0. The summed E-state index contributed by atoms with van der Waals surface area (Å²) in [5.74, 6) is -3.47. The van der Waals surface area contributed by atoms with Gasteiger partial charge in [-0.2, -0.15) is 0 Å². The van der Waals surface area contributed by atoms with Crippen LogP contribution in [0, 0.1) is 5.92 Å². The molecule has 3 atom stereocenters. The van der Waals surface area contributed by atoms with Crippen LogP contribution in [0.4, 0.5) is 0 Å². The molecule has 0 radical (unpaired) electrons. The lowest BCUT2D eigenvalue weighted by atomic mass is 10.0. The largest absolute Gasteiger partial charge is 0.508 e. The Morgan fingerprint density at radius 2 is 1.46 bits per heavy atom. The van der Waals surface area contributed by atoms with Crippen LogP contribution in [0.2, 0.25) is 0 Å². The number of rotatable bonds is 15. The molecular formula is C29H39N5O7. The number of hydrogen-bond acceptors (Lipinski definition) is 7. The first-order chi connectivity index (χ1) is 19.3. The highest BCUT2D eigenvalue weighted by molar-refractivity contribution is 5.93. The van der Waals surface area contributed by atoms with E-state index in [1.807, 2.05) is 13.8 Å². The Morgan fingerprint density at radius 3 is 2.05 bits per heavy atom. The molecule has 12 nitrogen and oxygen atoms in total. The van der Waals surface area contributed by atoms with Crippen molar-refractivity contribution in [3.63, 3.8) is 0 Å². The van der Waals surface area contributed by atoms with E-state index in [1.165, 1.54) is 19.2 Å². The molecule has 0 saturated carbocycles. The first-order valence-electron chi connectivity index (χ1n) is 13.3. The Balaban J connectivity index is 1.95. The molecule has 0 spiro atoms. The fourth-order valence-electron chi connectivity index (χ4n) is 3.98. The molecule has 2 rings (SSSR count). The van der Waals surface area contributed by atoms with Crippen molar-refractivity contribution in [1.29, 1.82) is 0 Å². The van der Waals surface area contributed by atoms with E-state index in [-0.39, 0.29) is 30.9 Å². The minimum absolute atomic E-state index is 0.0149. The molecule has 0 heterocycles. The minimum atomic E-state index is -1.17. The topological polar surface area (TPSA) is 191 Å². The van der Waals surface area contributed by atoms with E-state index in [9.17, 15) is 34.2 Å². The van der Waals surface area contributed by atoms with Crippen molar-refractivity contribution in [3.05, 3.63) is 65.7 Å². The maximum Gasteiger partial charge on any atom is 0.326 e. The number of nitrogens with one attached hydrogen (secondary N) is 3. The van der Waals surface area contributed by atoms with Crippen LogP contribution >= 0.6 is 0 Å². The molecule has 222 valence electrons. The number of benzene rings is 2. The molecule has 0 unspecified atom stereocenters. The maximum atomic E-state index is 13.0. The van der Waals surface area contributed by atoms with Gasteiger partial charge in [0, 0.05) is 13.5 Å². The monoisotopic (exact) mass is 569 g/mol. The Labute approximate surface area is 239 Å². The van der Waals surface area contributed by atoms with Crippen LogP contribution in [0.15, 0.2) is 54.6 Å². The number of carboxylic acids is 1. The van der Waals surface area contributed by atoms with Gasteiger partial charge in [0.2, 0.25) is 23.6 Å². The Morgan fingerprint density at radius 1 is 0.854 bits per heavy atom. The zero-order chi connectivity index (χ0) is 30.5. The number of carbonyl (C=O) groups is 5.